The van der Waals surface area contributed by atoms with Crippen LogP contribution in [0.25, 0.3) is 0 Å². The summed E-state index contributed by atoms with van der Waals surface area (Å²) in [6.45, 7) is 5.19. The second-order valence-corrected chi connectivity index (χ2v) is 8.46. The molecule has 0 saturated carbocycles. The topological polar surface area (TPSA) is 35.5 Å². The summed E-state index contributed by atoms with van der Waals surface area (Å²) < 4.78 is 24.7. The second kappa shape index (κ2) is 8.57. The van der Waals surface area contributed by atoms with Crippen molar-refractivity contribution in [2.24, 2.45) is 0 Å². The number of benzene rings is 1. The summed E-state index contributed by atoms with van der Waals surface area (Å²) in [5, 5.41) is 0. The first kappa shape index (κ1) is 15.6. The molecule has 1 aromatic rings. The third-order valence-corrected chi connectivity index (χ3v) is 6.74. The predicted octanol–water partition coefficient (Wildman–Crippen LogP) is 2.90. The van der Waals surface area contributed by atoms with E-state index in [1.807, 2.05) is 30.3 Å². The van der Waals surface area contributed by atoms with Gasteiger partial charge in [-0.1, -0.05) is 0 Å². The van der Waals surface area contributed by atoms with E-state index < -0.39 is 14.2 Å². The molecule has 0 radical (unpaired) electrons. The van der Waals surface area contributed by atoms with E-state index in [0.717, 1.165) is 25.7 Å². The summed E-state index contributed by atoms with van der Waals surface area (Å²) in [5.74, 6) is 0. The van der Waals surface area contributed by atoms with Gasteiger partial charge < -0.3 is 0 Å². The predicted molar refractivity (Wildman–Crippen MR) is 74.2 cm³/mol. The SMILES string of the molecule is CCCCO[As](=O)(OCCCC)c1ccccc1. The normalized spacial score (nSPS) is 11.7. The molecule has 0 bridgehead atoms. The third-order valence-electron chi connectivity index (χ3n) is 2.59. The molecule has 0 aliphatic heterocycles. The molecular formula is C14H23AsO3. The monoisotopic (exact) mass is 314 g/mol. The molecule has 0 N–H and O–H groups in total. The van der Waals surface area contributed by atoms with Crippen LogP contribution in [-0.4, -0.2) is 27.4 Å². The third kappa shape index (κ3) is 5.01. The van der Waals surface area contributed by atoms with Crippen molar-refractivity contribution < 1.29 is 11.2 Å². The van der Waals surface area contributed by atoms with Gasteiger partial charge in [0.2, 0.25) is 0 Å². The van der Waals surface area contributed by atoms with E-state index in [2.05, 4.69) is 13.8 Å². The van der Waals surface area contributed by atoms with Crippen molar-refractivity contribution in [2.45, 2.75) is 39.5 Å². The van der Waals surface area contributed by atoms with Crippen LogP contribution in [0.15, 0.2) is 30.3 Å². The first-order chi connectivity index (χ1) is 8.73. The van der Waals surface area contributed by atoms with Crippen molar-refractivity contribution in [1.82, 2.24) is 0 Å². The quantitative estimate of drug-likeness (QED) is 0.519. The Kier molecular flexibility index (Phi) is 7.41. The Balaban J connectivity index is 2.70. The zero-order valence-corrected chi connectivity index (χ0v) is 13.2. The fraction of sp³-hybridized carbons (Fsp3) is 0.571. The molecule has 0 saturated heterocycles. The molecule has 0 aliphatic rings. The number of hydrogen-bond donors (Lipinski definition) is 0. The summed E-state index contributed by atoms with van der Waals surface area (Å²) in [5.41, 5.74) is 0. The molecule has 4 heteroatoms. The van der Waals surface area contributed by atoms with Gasteiger partial charge in [-0.25, -0.2) is 0 Å². The van der Waals surface area contributed by atoms with Crippen molar-refractivity contribution in [1.29, 1.82) is 0 Å². The second-order valence-electron chi connectivity index (χ2n) is 4.21. The number of hydrogen-bond acceptors (Lipinski definition) is 3. The molecule has 1 rings (SSSR count). The summed E-state index contributed by atoms with van der Waals surface area (Å²) in [6.07, 6.45) is 3.88. The standard InChI is InChI=1S/C14H23AsO3/c1-3-5-12-17-15(16,18-13-6-4-2)14-10-8-7-9-11-14/h7-11H,3-6,12-13H2,1-2H3. The number of unbranched alkanes of at least 4 members (excludes halogenated alkanes) is 2. The summed E-state index contributed by atoms with van der Waals surface area (Å²) >= 11 is -3.83. The Labute approximate surface area is 113 Å². The van der Waals surface area contributed by atoms with Crippen LogP contribution in [-0.2, 0) is 11.2 Å². The fourth-order valence-corrected chi connectivity index (χ4v) is 4.91. The Morgan fingerprint density at radius 2 is 1.44 bits per heavy atom. The minimum absolute atomic E-state index is 0.508. The van der Waals surface area contributed by atoms with E-state index in [9.17, 15) is 3.74 Å². The minimum atomic E-state index is -3.83. The Morgan fingerprint density at radius 1 is 0.944 bits per heavy atom. The van der Waals surface area contributed by atoms with Crippen LogP contribution in [0.4, 0.5) is 0 Å². The summed E-state index contributed by atoms with van der Waals surface area (Å²) in [7, 11) is 0. The maximum absolute atomic E-state index is 12.8. The summed E-state index contributed by atoms with van der Waals surface area (Å²) in [6, 6.07) is 9.31. The van der Waals surface area contributed by atoms with Gasteiger partial charge in [-0.05, 0) is 0 Å². The van der Waals surface area contributed by atoms with Gasteiger partial charge in [0.25, 0.3) is 0 Å². The Morgan fingerprint density at radius 3 is 1.89 bits per heavy atom. The van der Waals surface area contributed by atoms with Crippen LogP contribution in [0.3, 0.4) is 0 Å². The van der Waals surface area contributed by atoms with Gasteiger partial charge in [0.05, 0.1) is 0 Å². The average molecular weight is 314 g/mol. The van der Waals surface area contributed by atoms with E-state index in [1.165, 1.54) is 0 Å². The van der Waals surface area contributed by atoms with Gasteiger partial charge in [-0.2, -0.15) is 0 Å². The van der Waals surface area contributed by atoms with Gasteiger partial charge >= 0.3 is 113 Å². The van der Waals surface area contributed by atoms with E-state index in [4.69, 9.17) is 7.45 Å². The summed E-state index contributed by atoms with van der Waals surface area (Å²) in [4.78, 5) is 0. The Bertz CT molecular complexity index is 351. The Hall–Kier alpha value is -0.502. The molecule has 0 amide bonds. The molecule has 0 atom stereocenters. The maximum atomic E-state index is 12.8. The van der Waals surface area contributed by atoms with Crippen LogP contribution < -0.4 is 4.35 Å². The van der Waals surface area contributed by atoms with Crippen molar-refractivity contribution in [3.8, 4) is 0 Å². The van der Waals surface area contributed by atoms with E-state index in [1.54, 1.807) is 0 Å². The zero-order valence-electron chi connectivity index (χ0n) is 11.3. The first-order valence-corrected chi connectivity index (χ1v) is 9.91. The fourth-order valence-electron chi connectivity index (χ4n) is 1.46. The molecule has 0 heterocycles. The molecule has 0 unspecified atom stereocenters. The van der Waals surface area contributed by atoms with Gasteiger partial charge in [-0.15, -0.1) is 0 Å². The van der Waals surface area contributed by atoms with Crippen molar-refractivity contribution >= 4 is 18.5 Å². The van der Waals surface area contributed by atoms with Crippen LogP contribution in [0, 0.1) is 0 Å². The van der Waals surface area contributed by atoms with Crippen molar-refractivity contribution in [3.05, 3.63) is 30.3 Å². The van der Waals surface area contributed by atoms with Crippen molar-refractivity contribution in [3.63, 3.8) is 0 Å². The molecule has 0 aliphatic carbocycles. The molecular weight excluding hydrogens is 291 g/mol. The van der Waals surface area contributed by atoms with E-state index in [-0.39, 0.29) is 0 Å². The number of rotatable bonds is 9. The molecule has 0 aromatic heterocycles. The van der Waals surface area contributed by atoms with Crippen LogP contribution in [0.1, 0.15) is 39.5 Å². The van der Waals surface area contributed by atoms with Gasteiger partial charge in [0.15, 0.2) is 0 Å². The molecule has 102 valence electrons. The average Bonchev–Trinajstić information content (AvgIpc) is 2.40. The van der Waals surface area contributed by atoms with Crippen molar-refractivity contribution in [2.75, 3.05) is 13.2 Å². The van der Waals surface area contributed by atoms with Gasteiger partial charge in [0.1, 0.15) is 0 Å². The first-order valence-electron chi connectivity index (χ1n) is 6.67. The van der Waals surface area contributed by atoms with Crippen LogP contribution in [0.5, 0.6) is 0 Å². The molecule has 3 nitrogen and oxygen atoms in total. The zero-order chi connectivity index (χ0) is 13.3. The van der Waals surface area contributed by atoms with E-state index >= 15 is 0 Å². The van der Waals surface area contributed by atoms with Gasteiger partial charge in [-0.3, -0.25) is 0 Å². The van der Waals surface area contributed by atoms with Gasteiger partial charge in [0, 0.05) is 0 Å². The molecule has 0 spiro atoms. The molecule has 0 fully saturated rings. The molecule has 1 aromatic carbocycles. The van der Waals surface area contributed by atoms with Crippen LogP contribution in [0.2, 0.25) is 0 Å². The van der Waals surface area contributed by atoms with Crippen LogP contribution >= 0.6 is 0 Å². The molecule has 18 heavy (non-hydrogen) atoms. The van der Waals surface area contributed by atoms with E-state index in [0.29, 0.717) is 17.6 Å².